The van der Waals surface area contributed by atoms with Gasteiger partial charge in [-0.15, -0.1) is 11.6 Å². The predicted octanol–water partition coefficient (Wildman–Crippen LogP) is 4.22. The van der Waals surface area contributed by atoms with E-state index in [-0.39, 0.29) is 17.4 Å². The number of hydrogen-bond acceptors (Lipinski definition) is 1. The number of benzene rings is 1. The molecule has 0 spiro atoms. The number of likely N-dealkylation sites (tertiary alicyclic amines) is 1. The van der Waals surface area contributed by atoms with Crippen molar-refractivity contribution in [3.05, 3.63) is 35.4 Å². The molecule has 1 unspecified atom stereocenters. The lowest BCUT2D eigenvalue weighted by atomic mass is 9.83. The van der Waals surface area contributed by atoms with E-state index in [9.17, 15) is 4.79 Å². The van der Waals surface area contributed by atoms with Gasteiger partial charge in [0, 0.05) is 24.0 Å². The van der Waals surface area contributed by atoms with Crippen LogP contribution >= 0.6 is 11.6 Å². The summed E-state index contributed by atoms with van der Waals surface area (Å²) in [6, 6.07) is 8.15. The molecule has 0 N–H and O–H groups in total. The van der Waals surface area contributed by atoms with Gasteiger partial charge in [0.2, 0.25) is 0 Å². The Kier molecular flexibility index (Phi) is 4.74. The molecule has 1 aliphatic heterocycles. The second-order valence-electron chi connectivity index (χ2n) is 6.60. The van der Waals surface area contributed by atoms with Crippen molar-refractivity contribution in [3.63, 3.8) is 0 Å². The van der Waals surface area contributed by atoms with Gasteiger partial charge in [-0.1, -0.05) is 39.0 Å². The van der Waals surface area contributed by atoms with Crippen LogP contribution in [0.2, 0.25) is 0 Å². The van der Waals surface area contributed by atoms with E-state index in [0.717, 1.165) is 30.5 Å². The first-order chi connectivity index (χ1) is 9.45. The summed E-state index contributed by atoms with van der Waals surface area (Å²) in [5, 5.41) is 0. The maximum atomic E-state index is 12.9. The average molecular weight is 294 g/mol. The molecule has 2 nitrogen and oxygen atoms in total. The summed E-state index contributed by atoms with van der Waals surface area (Å²) in [4.78, 5) is 14.9. The van der Waals surface area contributed by atoms with Crippen molar-refractivity contribution < 1.29 is 4.79 Å². The number of nitrogens with zero attached hydrogens (tertiary/aromatic N) is 1. The molecule has 2 rings (SSSR count). The molecule has 20 heavy (non-hydrogen) atoms. The number of carbonyl (C=O) groups excluding carboxylic acids is 1. The van der Waals surface area contributed by atoms with Crippen LogP contribution in [-0.4, -0.2) is 29.3 Å². The summed E-state index contributed by atoms with van der Waals surface area (Å²) >= 11 is 6.04. The van der Waals surface area contributed by atoms with Crippen molar-refractivity contribution in [1.82, 2.24) is 4.90 Å². The van der Waals surface area contributed by atoms with E-state index in [1.165, 1.54) is 6.42 Å². The van der Waals surface area contributed by atoms with Crippen molar-refractivity contribution in [1.29, 1.82) is 0 Å². The summed E-state index contributed by atoms with van der Waals surface area (Å²) in [7, 11) is 0. The van der Waals surface area contributed by atoms with E-state index < -0.39 is 0 Å². The lowest BCUT2D eigenvalue weighted by molar-refractivity contribution is 0.0636. The number of piperidine rings is 1. The molecule has 1 aromatic rings. The molecule has 0 radical (unpaired) electrons. The lowest BCUT2D eigenvalue weighted by Crippen LogP contribution is -2.45. The van der Waals surface area contributed by atoms with E-state index in [4.69, 9.17) is 11.6 Å². The van der Waals surface area contributed by atoms with Gasteiger partial charge >= 0.3 is 0 Å². The molecular weight excluding hydrogens is 270 g/mol. The molecule has 1 fully saturated rings. The number of rotatable bonds is 2. The van der Waals surface area contributed by atoms with Gasteiger partial charge in [-0.2, -0.15) is 0 Å². The van der Waals surface area contributed by atoms with Crippen LogP contribution in [0.5, 0.6) is 0 Å². The molecule has 3 heteroatoms. The van der Waals surface area contributed by atoms with Crippen molar-refractivity contribution in [3.8, 4) is 0 Å². The molecule has 1 atom stereocenters. The highest BCUT2D eigenvalue weighted by molar-refractivity contribution is 6.18. The van der Waals surface area contributed by atoms with Gasteiger partial charge in [-0.25, -0.2) is 0 Å². The number of amides is 1. The zero-order valence-electron chi connectivity index (χ0n) is 12.7. The Balaban J connectivity index is 2.33. The van der Waals surface area contributed by atoms with Crippen LogP contribution in [0.3, 0.4) is 0 Å². The summed E-state index contributed by atoms with van der Waals surface area (Å²) < 4.78 is 0. The third kappa shape index (κ3) is 3.17. The predicted molar refractivity (Wildman–Crippen MR) is 84.5 cm³/mol. The molecule has 1 aliphatic rings. The molecule has 0 bridgehead atoms. The minimum absolute atomic E-state index is 0.0293. The zero-order chi connectivity index (χ0) is 14.8. The maximum absolute atomic E-state index is 12.9. The van der Waals surface area contributed by atoms with Crippen molar-refractivity contribution in [2.75, 3.05) is 12.4 Å². The first kappa shape index (κ1) is 15.4. The van der Waals surface area contributed by atoms with E-state index in [0.29, 0.717) is 5.88 Å². The van der Waals surface area contributed by atoms with Gasteiger partial charge in [0.15, 0.2) is 0 Å². The minimum atomic E-state index is -0.0293. The van der Waals surface area contributed by atoms with Crippen LogP contribution in [-0.2, 0) is 5.41 Å². The van der Waals surface area contributed by atoms with Gasteiger partial charge in [0.25, 0.3) is 5.91 Å². The average Bonchev–Trinajstić information content (AvgIpc) is 2.45. The van der Waals surface area contributed by atoms with Crippen molar-refractivity contribution >= 4 is 17.5 Å². The SMILES string of the molecule is CC(C)(C)c1ccccc1C(=O)N1CCCCC1CCl. The lowest BCUT2D eigenvalue weighted by Gasteiger charge is -2.36. The Labute approximate surface area is 127 Å². The molecule has 1 heterocycles. The molecule has 0 aliphatic carbocycles. The second kappa shape index (κ2) is 6.17. The standard InChI is InChI=1S/C17H24ClNO/c1-17(2,3)15-10-5-4-9-14(15)16(20)19-11-7-6-8-13(19)12-18/h4-5,9-10,13H,6-8,11-12H2,1-3H3. The van der Waals surface area contributed by atoms with Gasteiger partial charge < -0.3 is 4.90 Å². The molecule has 1 amide bonds. The number of alkyl halides is 1. The van der Waals surface area contributed by atoms with Crippen LogP contribution in [0, 0.1) is 0 Å². The van der Waals surface area contributed by atoms with Gasteiger partial charge in [-0.05, 0) is 36.3 Å². The fraction of sp³-hybridized carbons (Fsp3) is 0.588. The Morgan fingerprint density at radius 1 is 1.30 bits per heavy atom. The highest BCUT2D eigenvalue weighted by atomic mass is 35.5. The van der Waals surface area contributed by atoms with Crippen LogP contribution in [0.1, 0.15) is 56.0 Å². The van der Waals surface area contributed by atoms with Crippen molar-refractivity contribution in [2.24, 2.45) is 0 Å². The fourth-order valence-electron chi connectivity index (χ4n) is 2.91. The second-order valence-corrected chi connectivity index (χ2v) is 6.91. The monoisotopic (exact) mass is 293 g/mol. The molecule has 1 saturated heterocycles. The first-order valence-electron chi connectivity index (χ1n) is 7.41. The number of hydrogen-bond donors (Lipinski definition) is 0. The van der Waals surface area contributed by atoms with Crippen LogP contribution in [0.4, 0.5) is 0 Å². The molecule has 110 valence electrons. The Morgan fingerprint density at radius 2 is 2.00 bits per heavy atom. The zero-order valence-corrected chi connectivity index (χ0v) is 13.4. The van der Waals surface area contributed by atoms with E-state index in [1.54, 1.807) is 0 Å². The largest absolute Gasteiger partial charge is 0.334 e. The van der Waals surface area contributed by atoms with Crippen LogP contribution in [0.25, 0.3) is 0 Å². The molecular formula is C17H24ClNO. The van der Waals surface area contributed by atoms with E-state index in [2.05, 4.69) is 26.8 Å². The minimum Gasteiger partial charge on any atom is -0.334 e. The number of carbonyl (C=O) groups is 1. The van der Waals surface area contributed by atoms with Crippen molar-refractivity contribution in [2.45, 2.75) is 51.5 Å². The summed E-state index contributed by atoms with van der Waals surface area (Å²) in [6.07, 6.45) is 3.27. The smallest absolute Gasteiger partial charge is 0.254 e. The highest BCUT2D eigenvalue weighted by Crippen LogP contribution is 2.28. The topological polar surface area (TPSA) is 20.3 Å². The highest BCUT2D eigenvalue weighted by Gasteiger charge is 2.29. The Bertz CT molecular complexity index is 478. The van der Waals surface area contributed by atoms with E-state index in [1.807, 2.05) is 23.1 Å². The third-order valence-electron chi connectivity index (χ3n) is 4.03. The summed E-state index contributed by atoms with van der Waals surface area (Å²) in [5.74, 6) is 0.671. The number of halogens is 1. The van der Waals surface area contributed by atoms with Gasteiger partial charge in [0.1, 0.15) is 0 Å². The summed E-state index contributed by atoms with van der Waals surface area (Å²) in [5.41, 5.74) is 1.92. The first-order valence-corrected chi connectivity index (χ1v) is 7.95. The molecule has 0 saturated carbocycles. The normalized spacial score (nSPS) is 20.0. The Morgan fingerprint density at radius 3 is 2.65 bits per heavy atom. The van der Waals surface area contributed by atoms with Crippen LogP contribution < -0.4 is 0 Å². The fourth-order valence-corrected chi connectivity index (χ4v) is 3.23. The maximum Gasteiger partial charge on any atom is 0.254 e. The van der Waals surface area contributed by atoms with Gasteiger partial charge in [-0.3, -0.25) is 4.79 Å². The summed E-state index contributed by atoms with van der Waals surface area (Å²) in [6.45, 7) is 7.27. The third-order valence-corrected chi connectivity index (χ3v) is 4.39. The Hall–Kier alpha value is -1.02. The van der Waals surface area contributed by atoms with Crippen LogP contribution in [0.15, 0.2) is 24.3 Å². The van der Waals surface area contributed by atoms with Gasteiger partial charge in [0.05, 0.1) is 0 Å². The molecule has 1 aromatic carbocycles. The molecule has 0 aromatic heterocycles. The quantitative estimate of drug-likeness (QED) is 0.748. The van der Waals surface area contributed by atoms with E-state index >= 15 is 0 Å².